The first-order valence-electron chi connectivity index (χ1n) is 6.49. The first-order valence-corrected chi connectivity index (χ1v) is 6.49. The summed E-state index contributed by atoms with van der Waals surface area (Å²) in [6.45, 7) is -1.83. The van der Waals surface area contributed by atoms with Crippen molar-refractivity contribution >= 4 is 0 Å². The maximum atomic E-state index is 14.1. The smallest absolute Gasteiger partial charge is 0.343 e. The Balaban J connectivity index is 4.32. The summed E-state index contributed by atoms with van der Waals surface area (Å²) >= 11 is 0. The minimum Gasteiger partial charge on any atom is -0.343 e. The van der Waals surface area contributed by atoms with Crippen molar-refractivity contribution in [2.45, 2.75) is 49.0 Å². The summed E-state index contributed by atoms with van der Waals surface area (Å²) in [5.74, 6) is 0. The SMILES string of the molecule is CCN1C(C(F)(F)F)=C(C(F)(C(F)(F)F)C(F)(F)F)C1(C(F)(F)F)C(F)(F)F. The number of hydrogen-bond acceptors (Lipinski definition) is 1. The van der Waals surface area contributed by atoms with Crippen LogP contribution in [0.3, 0.4) is 0 Å². The molecule has 0 atom stereocenters. The fourth-order valence-electron chi connectivity index (χ4n) is 2.85. The van der Waals surface area contributed by atoms with E-state index >= 15 is 0 Å². The zero-order valence-electron chi connectivity index (χ0n) is 12.7. The van der Waals surface area contributed by atoms with Gasteiger partial charge < -0.3 is 4.90 Å². The van der Waals surface area contributed by atoms with Crippen molar-refractivity contribution in [2.24, 2.45) is 0 Å². The van der Waals surface area contributed by atoms with Crippen molar-refractivity contribution in [3.05, 3.63) is 11.3 Å². The summed E-state index contributed by atoms with van der Waals surface area (Å²) in [6.07, 6.45) is -36.4. The number of nitrogens with zero attached hydrogens (tertiary/aromatic N) is 1. The van der Waals surface area contributed by atoms with Crippen LogP contribution in [-0.2, 0) is 0 Å². The second kappa shape index (κ2) is 5.96. The van der Waals surface area contributed by atoms with Gasteiger partial charge in [-0.2, -0.15) is 65.9 Å². The monoisotopic (exact) mass is 455 g/mol. The maximum Gasteiger partial charge on any atom is 0.435 e. The lowest BCUT2D eigenvalue weighted by Gasteiger charge is -2.59. The molecule has 0 amide bonds. The van der Waals surface area contributed by atoms with Gasteiger partial charge in [-0.05, 0) is 6.92 Å². The Labute approximate surface area is 143 Å². The highest BCUT2D eigenvalue weighted by Crippen LogP contribution is 2.69. The first kappa shape index (κ1) is 24.5. The molecule has 0 aliphatic carbocycles. The Bertz CT molecular complexity index is 610. The summed E-state index contributed by atoms with van der Waals surface area (Å²) in [5.41, 5.74) is -22.3. The van der Waals surface area contributed by atoms with E-state index in [9.17, 15) is 70.2 Å². The molecule has 1 rings (SSSR count). The molecule has 1 heterocycles. The molecule has 0 radical (unpaired) electrons. The van der Waals surface area contributed by atoms with Gasteiger partial charge in [0.25, 0.3) is 5.54 Å². The normalized spacial score (nSPS) is 19.8. The fraction of sp³-hybridized carbons (Fsp3) is 0.818. The van der Waals surface area contributed by atoms with Crippen molar-refractivity contribution in [2.75, 3.05) is 6.54 Å². The van der Waals surface area contributed by atoms with E-state index in [1.807, 2.05) is 0 Å². The zero-order valence-corrected chi connectivity index (χ0v) is 12.7. The van der Waals surface area contributed by atoms with E-state index in [1.54, 1.807) is 0 Å². The van der Waals surface area contributed by atoms with Gasteiger partial charge in [0, 0.05) is 6.54 Å². The minimum atomic E-state index is -7.64. The van der Waals surface area contributed by atoms with Crippen LogP contribution in [0.5, 0.6) is 0 Å². The van der Waals surface area contributed by atoms with Gasteiger partial charge in [-0.25, -0.2) is 4.39 Å². The highest BCUT2D eigenvalue weighted by molar-refractivity contribution is 5.52. The Hall–Kier alpha value is -1.58. The molecule has 0 fully saturated rings. The van der Waals surface area contributed by atoms with E-state index in [-0.39, 0.29) is 6.92 Å². The number of hydrogen-bond donors (Lipinski definition) is 0. The zero-order chi connectivity index (χ0) is 22.9. The van der Waals surface area contributed by atoms with Crippen molar-refractivity contribution in [3.63, 3.8) is 0 Å². The van der Waals surface area contributed by atoms with Gasteiger partial charge in [0.1, 0.15) is 5.70 Å². The first-order chi connectivity index (χ1) is 11.9. The molecule has 0 saturated carbocycles. The molecule has 0 spiro atoms. The number of rotatable bonds is 2. The van der Waals surface area contributed by atoms with Crippen LogP contribution in [-0.4, -0.2) is 53.5 Å². The summed E-state index contributed by atoms with van der Waals surface area (Å²) < 4.78 is 208. The second-order valence-corrected chi connectivity index (χ2v) is 5.33. The van der Waals surface area contributed by atoms with Crippen molar-refractivity contribution in [1.29, 1.82) is 0 Å². The molecule has 1 aliphatic rings. The molecule has 0 aromatic heterocycles. The second-order valence-electron chi connectivity index (χ2n) is 5.33. The minimum absolute atomic E-state index is 0.163. The highest BCUT2D eigenvalue weighted by atomic mass is 19.4. The Morgan fingerprint density at radius 1 is 0.643 bits per heavy atom. The summed E-state index contributed by atoms with van der Waals surface area (Å²) in [6, 6.07) is 0. The van der Waals surface area contributed by atoms with E-state index in [1.165, 1.54) is 0 Å². The topological polar surface area (TPSA) is 3.24 Å². The van der Waals surface area contributed by atoms with Crippen LogP contribution in [0.4, 0.5) is 70.2 Å². The van der Waals surface area contributed by atoms with Crippen LogP contribution in [0.25, 0.3) is 0 Å². The third kappa shape index (κ3) is 2.86. The molecule has 0 unspecified atom stereocenters. The van der Waals surface area contributed by atoms with E-state index < -0.39 is 64.8 Å². The number of allylic oxidation sites excluding steroid dienone is 1. The van der Waals surface area contributed by atoms with E-state index in [4.69, 9.17) is 0 Å². The Kier molecular flexibility index (Phi) is 5.21. The third-order valence-corrected chi connectivity index (χ3v) is 3.80. The van der Waals surface area contributed by atoms with Crippen LogP contribution in [0.1, 0.15) is 6.92 Å². The maximum absolute atomic E-state index is 14.1. The molecule has 1 nitrogen and oxygen atoms in total. The number of halogens is 16. The van der Waals surface area contributed by atoms with Crippen LogP contribution in [0.2, 0.25) is 0 Å². The van der Waals surface area contributed by atoms with E-state index in [0.717, 1.165) is 0 Å². The average Bonchev–Trinajstić information content (AvgIpc) is 2.29. The molecule has 0 aromatic rings. The van der Waals surface area contributed by atoms with E-state index in [2.05, 4.69) is 0 Å². The standard InChI is InChI=1S/C11H5F16N/c1-2-28-4(7(13,14)15)3(5(12,8(16,17)18)9(19,20)21)6(28,10(22,23)24)11(25,26)27/h2H2,1H3. The van der Waals surface area contributed by atoms with Gasteiger partial charge in [0.05, 0.1) is 5.57 Å². The van der Waals surface area contributed by atoms with Crippen LogP contribution in [0, 0.1) is 0 Å². The van der Waals surface area contributed by atoms with E-state index in [0.29, 0.717) is 0 Å². The Morgan fingerprint density at radius 2 is 0.964 bits per heavy atom. The van der Waals surface area contributed by atoms with Crippen molar-refractivity contribution in [1.82, 2.24) is 4.90 Å². The molecule has 166 valence electrons. The highest BCUT2D eigenvalue weighted by Gasteiger charge is 2.92. The molecule has 0 N–H and O–H groups in total. The fourth-order valence-corrected chi connectivity index (χ4v) is 2.85. The van der Waals surface area contributed by atoms with Gasteiger partial charge in [0.15, 0.2) is 0 Å². The van der Waals surface area contributed by atoms with Crippen LogP contribution >= 0.6 is 0 Å². The Morgan fingerprint density at radius 3 is 1.14 bits per heavy atom. The predicted octanol–water partition coefficient (Wildman–Crippen LogP) is 5.83. The molecular weight excluding hydrogens is 450 g/mol. The van der Waals surface area contributed by atoms with Crippen LogP contribution in [0.15, 0.2) is 11.3 Å². The molecule has 28 heavy (non-hydrogen) atoms. The lowest BCUT2D eigenvalue weighted by molar-refractivity contribution is -0.379. The average molecular weight is 455 g/mol. The summed E-state index contributed by atoms with van der Waals surface area (Å²) in [4.78, 5) is -1.83. The lowest BCUT2D eigenvalue weighted by atomic mass is 9.68. The molecule has 0 aromatic carbocycles. The van der Waals surface area contributed by atoms with Gasteiger partial charge in [-0.3, -0.25) is 0 Å². The third-order valence-electron chi connectivity index (χ3n) is 3.80. The van der Waals surface area contributed by atoms with Gasteiger partial charge in [0.2, 0.25) is 0 Å². The van der Waals surface area contributed by atoms with Crippen molar-refractivity contribution < 1.29 is 70.2 Å². The predicted molar refractivity (Wildman–Crippen MR) is 56.3 cm³/mol. The summed E-state index contributed by atoms with van der Waals surface area (Å²) in [5, 5.41) is 0. The quantitative estimate of drug-likeness (QED) is 0.474. The molecule has 17 heteroatoms. The van der Waals surface area contributed by atoms with Gasteiger partial charge in [-0.15, -0.1) is 0 Å². The summed E-state index contributed by atoms with van der Waals surface area (Å²) in [7, 11) is 0. The van der Waals surface area contributed by atoms with Gasteiger partial charge in [-0.1, -0.05) is 0 Å². The lowest BCUT2D eigenvalue weighted by Crippen LogP contribution is -2.80. The number of alkyl halides is 16. The molecular formula is C11H5F16N. The molecule has 0 saturated heterocycles. The van der Waals surface area contributed by atoms with Crippen LogP contribution < -0.4 is 0 Å². The molecule has 1 aliphatic heterocycles. The van der Waals surface area contributed by atoms with Crippen molar-refractivity contribution in [3.8, 4) is 0 Å². The number of likely N-dealkylation sites (N-methyl/N-ethyl adjacent to an activating group) is 1. The molecule has 0 bridgehead atoms. The largest absolute Gasteiger partial charge is 0.435 e. The van der Waals surface area contributed by atoms with Gasteiger partial charge >= 0.3 is 36.6 Å².